The molecule has 1 fully saturated rings. The molecule has 3 nitrogen and oxygen atoms in total. The van der Waals surface area contributed by atoms with Crippen LogP contribution in [0.1, 0.15) is 49.4 Å². The Morgan fingerprint density at radius 3 is 2.72 bits per heavy atom. The molecular formula is C14H21NO2S. The minimum absolute atomic E-state index is 0.170. The third-order valence-electron chi connectivity index (χ3n) is 3.46. The first kappa shape index (κ1) is 13.6. The van der Waals surface area contributed by atoms with Crippen molar-refractivity contribution in [2.75, 3.05) is 6.54 Å². The van der Waals surface area contributed by atoms with Gasteiger partial charge in [-0.2, -0.15) is 0 Å². The molecule has 1 aliphatic rings. The largest absolute Gasteiger partial charge is 0.481 e. The van der Waals surface area contributed by atoms with Crippen LogP contribution in [-0.2, 0) is 10.2 Å². The molecule has 0 radical (unpaired) electrons. The van der Waals surface area contributed by atoms with E-state index in [0.717, 1.165) is 13.0 Å². The van der Waals surface area contributed by atoms with E-state index >= 15 is 0 Å². The molecule has 2 N–H and O–H groups in total. The second-order valence-electron chi connectivity index (χ2n) is 6.02. The van der Waals surface area contributed by atoms with Crippen molar-refractivity contribution in [2.45, 2.75) is 45.1 Å². The average Bonchev–Trinajstić information content (AvgIpc) is 2.78. The Kier molecular flexibility index (Phi) is 3.78. The second-order valence-corrected chi connectivity index (χ2v) is 7.13. The zero-order valence-corrected chi connectivity index (χ0v) is 12.0. The highest BCUT2D eigenvalue weighted by molar-refractivity contribution is 7.12. The van der Waals surface area contributed by atoms with Crippen LogP contribution in [0.15, 0.2) is 12.1 Å². The summed E-state index contributed by atoms with van der Waals surface area (Å²) in [5.41, 5.74) is 0.170. The van der Waals surface area contributed by atoms with Crippen molar-refractivity contribution in [1.29, 1.82) is 0 Å². The van der Waals surface area contributed by atoms with Gasteiger partial charge in [-0.05, 0) is 36.9 Å². The van der Waals surface area contributed by atoms with Crippen molar-refractivity contribution in [3.8, 4) is 0 Å². The van der Waals surface area contributed by atoms with E-state index in [2.05, 4.69) is 38.2 Å². The maximum Gasteiger partial charge on any atom is 0.306 e. The molecule has 0 amide bonds. The van der Waals surface area contributed by atoms with E-state index in [1.54, 1.807) is 11.3 Å². The molecule has 2 rings (SSSR count). The maximum absolute atomic E-state index is 11.1. The molecule has 1 saturated heterocycles. The molecule has 0 saturated carbocycles. The third kappa shape index (κ3) is 2.93. The van der Waals surface area contributed by atoms with Gasteiger partial charge >= 0.3 is 5.97 Å². The van der Waals surface area contributed by atoms with Gasteiger partial charge in [0.1, 0.15) is 0 Å². The summed E-state index contributed by atoms with van der Waals surface area (Å²) in [4.78, 5) is 13.7. The Morgan fingerprint density at radius 1 is 1.44 bits per heavy atom. The molecule has 2 unspecified atom stereocenters. The summed E-state index contributed by atoms with van der Waals surface area (Å²) < 4.78 is 0. The second kappa shape index (κ2) is 5.02. The molecule has 100 valence electrons. The Hall–Kier alpha value is -0.870. The minimum atomic E-state index is -0.658. The number of nitrogens with one attached hydrogen (secondary N) is 1. The van der Waals surface area contributed by atoms with Gasteiger partial charge in [-0.25, -0.2) is 0 Å². The number of rotatable bonds is 2. The Bertz CT molecular complexity index is 433. The summed E-state index contributed by atoms with van der Waals surface area (Å²) in [7, 11) is 0. The first-order chi connectivity index (χ1) is 8.38. The number of carboxylic acids is 1. The molecule has 0 aliphatic carbocycles. The Balaban J connectivity index is 2.12. The number of hydrogen-bond acceptors (Lipinski definition) is 3. The smallest absolute Gasteiger partial charge is 0.306 e. The van der Waals surface area contributed by atoms with Crippen LogP contribution in [0.5, 0.6) is 0 Å². The van der Waals surface area contributed by atoms with E-state index in [0.29, 0.717) is 6.42 Å². The van der Waals surface area contributed by atoms with Crippen molar-refractivity contribution in [2.24, 2.45) is 5.92 Å². The predicted octanol–water partition coefficient (Wildman–Crippen LogP) is 3.17. The number of carboxylic acid groups (broad SMARTS) is 1. The third-order valence-corrected chi connectivity index (χ3v) is 5.09. The normalized spacial score (nSPS) is 25.1. The fraction of sp³-hybridized carbons (Fsp3) is 0.643. The van der Waals surface area contributed by atoms with Crippen molar-refractivity contribution >= 4 is 17.3 Å². The van der Waals surface area contributed by atoms with Crippen LogP contribution in [0.2, 0.25) is 0 Å². The number of piperidine rings is 1. The maximum atomic E-state index is 11.1. The van der Waals surface area contributed by atoms with Gasteiger partial charge in [0.2, 0.25) is 0 Å². The van der Waals surface area contributed by atoms with Gasteiger partial charge in [-0.1, -0.05) is 20.8 Å². The van der Waals surface area contributed by atoms with Crippen molar-refractivity contribution in [1.82, 2.24) is 5.32 Å². The van der Waals surface area contributed by atoms with Crippen LogP contribution in [-0.4, -0.2) is 17.6 Å². The summed E-state index contributed by atoms with van der Waals surface area (Å²) in [6, 6.07) is 4.53. The van der Waals surface area contributed by atoms with Crippen LogP contribution < -0.4 is 5.32 Å². The Morgan fingerprint density at radius 2 is 2.17 bits per heavy atom. The first-order valence-corrected chi connectivity index (χ1v) is 7.26. The van der Waals surface area contributed by atoms with E-state index < -0.39 is 5.97 Å². The zero-order valence-electron chi connectivity index (χ0n) is 11.2. The van der Waals surface area contributed by atoms with Gasteiger partial charge in [-0.3, -0.25) is 4.79 Å². The zero-order chi connectivity index (χ0) is 13.3. The van der Waals surface area contributed by atoms with E-state index in [1.807, 2.05) is 0 Å². The van der Waals surface area contributed by atoms with Gasteiger partial charge in [0.25, 0.3) is 0 Å². The van der Waals surface area contributed by atoms with Gasteiger partial charge in [-0.15, -0.1) is 11.3 Å². The number of thiophene rings is 1. The molecule has 0 aromatic carbocycles. The molecule has 2 heterocycles. The molecule has 0 spiro atoms. The minimum Gasteiger partial charge on any atom is -0.481 e. The molecule has 1 aromatic rings. The van der Waals surface area contributed by atoms with Crippen LogP contribution >= 0.6 is 11.3 Å². The lowest BCUT2D eigenvalue weighted by atomic mass is 9.91. The van der Waals surface area contributed by atoms with Crippen LogP contribution in [0, 0.1) is 5.92 Å². The van der Waals surface area contributed by atoms with Crippen molar-refractivity contribution in [3.05, 3.63) is 21.9 Å². The molecule has 1 aliphatic heterocycles. The lowest BCUT2D eigenvalue weighted by molar-refractivity contribution is -0.142. The lowest BCUT2D eigenvalue weighted by Crippen LogP contribution is -2.34. The highest BCUT2D eigenvalue weighted by Crippen LogP contribution is 2.36. The standard InChI is InChI=1S/C14H21NO2S/c1-14(2,3)12-5-4-11(18-12)10-8-9(13(16)17)6-7-15-10/h4-5,9-10,15H,6-8H2,1-3H3,(H,16,17). The van der Waals surface area contributed by atoms with Gasteiger partial charge in [0, 0.05) is 15.8 Å². The molecule has 18 heavy (non-hydrogen) atoms. The van der Waals surface area contributed by atoms with Crippen LogP contribution in [0.3, 0.4) is 0 Å². The summed E-state index contributed by atoms with van der Waals surface area (Å²) in [6.45, 7) is 7.41. The molecule has 2 atom stereocenters. The SMILES string of the molecule is CC(C)(C)c1ccc(C2CC(C(=O)O)CCN2)s1. The fourth-order valence-corrected chi connectivity index (χ4v) is 3.46. The molecule has 0 bridgehead atoms. The number of hydrogen-bond donors (Lipinski definition) is 2. The van der Waals surface area contributed by atoms with Crippen molar-refractivity contribution < 1.29 is 9.90 Å². The highest BCUT2D eigenvalue weighted by Gasteiger charge is 2.29. The van der Waals surface area contributed by atoms with Crippen LogP contribution in [0.4, 0.5) is 0 Å². The van der Waals surface area contributed by atoms with Gasteiger partial charge < -0.3 is 10.4 Å². The topological polar surface area (TPSA) is 49.3 Å². The number of aliphatic carboxylic acids is 1. The summed E-state index contributed by atoms with van der Waals surface area (Å²) in [5.74, 6) is -0.856. The van der Waals surface area contributed by atoms with Gasteiger partial charge in [0.05, 0.1) is 5.92 Å². The van der Waals surface area contributed by atoms with E-state index in [1.165, 1.54) is 9.75 Å². The summed E-state index contributed by atoms with van der Waals surface area (Å²) in [6.07, 6.45) is 1.45. The fourth-order valence-electron chi connectivity index (χ4n) is 2.30. The summed E-state index contributed by atoms with van der Waals surface area (Å²) in [5, 5.41) is 12.5. The first-order valence-electron chi connectivity index (χ1n) is 6.44. The van der Waals surface area contributed by atoms with E-state index in [9.17, 15) is 4.79 Å². The molecule has 1 aromatic heterocycles. The van der Waals surface area contributed by atoms with E-state index in [4.69, 9.17) is 5.11 Å². The van der Waals surface area contributed by atoms with E-state index in [-0.39, 0.29) is 17.4 Å². The quantitative estimate of drug-likeness (QED) is 0.865. The number of carbonyl (C=O) groups is 1. The van der Waals surface area contributed by atoms with Crippen LogP contribution in [0.25, 0.3) is 0 Å². The lowest BCUT2D eigenvalue weighted by Gasteiger charge is -2.27. The predicted molar refractivity (Wildman–Crippen MR) is 74.1 cm³/mol. The monoisotopic (exact) mass is 267 g/mol. The molecule has 4 heteroatoms. The van der Waals surface area contributed by atoms with Gasteiger partial charge in [0.15, 0.2) is 0 Å². The highest BCUT2D eigenvalue weighted by atomic mass is 32.1. The average molecular weight is 267 g/mol. The summed E-state index contributed by atoms with van der Waals surface area (Å²) >= 11 is 1.80. The Labute approximate surface area is 112 Å². The van der Waals surface area contributed by atoms with Crippen molar-refractivity contribution in [3.63, 3.8) is 0 Å². The molecular weight excluding hydrogens is 246 g/mol.